The minimum absolute atomic E-state index is 0.144. The van der Waals surface area contributed by atoms with Gasteiger partial charge in [0, 0.05) is 0 Å². The predicted molar refractivity (Wildman–Crippen MR) is 62.3 cm³/mol. The molecule has 5 heteroatoms. The molecule has 0 aromatic carbocycles. The molecule has 1 aromatic heterocycles. The van der Waals surface area contributed by atoms with Crippen LogP contribution in [0.15, 0.2) is 16.5 Å². The molecule has 17 heavy (non-hydrogen) atoms. The number of carboxylic acid groups (broad SMARTS) is 1. The van der Waals surface area contributed by atoms with Gasteiger partial charge in [-0.25, -0.2) is 0 Å². The van der Waals surface area contributed by atoms with Gasteiger partial charge in [0.1, 0.15) is 24.2 Å². The first kappa shape index (κ1) is 13.7. The second kappa shape index (κ2) is 6.42. The summed E-state index contributed by atoms with van der Waals surface area (Å²) in [5.74, 6) is 0.572. The average Bonchev–Trinajstić information content (AvgIpc) is 2.71. The Morgan fingerprint density at radius 1 is 1.41 bits per heavy atom. The van der Waals surface area contributed by atoms with Crippen molar-refractivity contribution in [3.8, 4) is 0 Å². The minimum Gasteiger partial charge on any atom is -0.480 e. The summed E-state index contributed by atoms with van der Waals surface area (Å²) in [6.07, 6.45) is 0.572. The maximum Gasteiger partial charge on any atom is 0.320 e. The molecule has 0 amide bonds. The van der Waals surface area contributed by atoms with Gasteiger partial charge in [0.2, 0.25) is 0 Å². The van der Waals surface area contributed by atoms with Gasteiger partial charge in [0.05, 0.1) is 6.54 Å². The zero-order chi connectivity index (χ0) is 12.8. The molecule has 3 N–H and O–H groups in total. The summed E-state index contributed by atoms with van der Waals surface area (Å²) in [6, 6.07) is 2.83. The van der Waals surface area contributed by atoms with E-state index in [1.807, 2.05) is 13.8 Å². The third-order valence-electron chi connectivity index (χ3n) is 2.40. The molecule has 1 unspecified atom stereocenters. The van der Waals surface area contributed by atoms with E-state index in [9.17, 15) is 4.79 Å². The number of rotatable bonds is 7. The molecular formula is C12H19NO4. The number of carboxylic acids is 1. The number of aliphatic hydroxyl groups is 1. The summed E-state index contributed by atoms with van der Waals surface area (Å²) in [6.45, 7) is 4.17. The van der Waals surface area contributed by atoms with Crippen LogP contribution < -0.4 is 5.32 Å². The van der Waals surface area contributed by atoms with E-state index >= 15 is 0 Å². The maximum absolute atomic E-state index is 11.0. The Balaban J connectivity index is 2.48. The van der Waals surface area contributed by atoms with Gasteiger partial charge in [-0.05, 0) is 24.5 Å². The predicted octanol–water partition coefficient (Wildman–Crippen LogP) is 1.36. The second-order valence-corrected chi connectivity index (χ2v) is 4.43. The van der Waals surface area contributed by atoms with E-state index in [0.29, 0.717) is 30.4 Å². The Morgan fingerprint density at radius 2 is 2.06 bits per heavy atom. The van der Waals surface area contributed by atoms with Gasteiger partial charge in [-0.15, -0.1) is 0 Å². The lowest BCUT2D eigenvalue weighted by Crippen LogP contribution is -2.37. The zero-order valence-corrected chi connectivity index (χ0v) is 10.1. The topological polar surface area (TPSA) is 82.7 Å². The van der Waals surface area contributed by atoms with Crippen molar-refractivity contribution in [1.82, 2.24) is 5.32 Å². The molecule has 0 radical (unpaired) electrons. The SMILES string of the molecule is CC(C)CC(NCc1ccc(CO)o1)C(=O)O. The Bertz CT molecular complexity index is 359. The van der Waals surface area contributed by atoms with E-state index in [1.165, 1.54) is 0 Å². The lowest BCUT2D eigenvalue weighted by molar-refractivity contribution is -0.140. The van der Waals surface area contributed by atoms with Crippen molar-refractivity contribution in [2.45, 2.75) is 39.5 Å². The Morgan fingerprint density at radius 3 is 2.53 bits per heavy atom. The molecule has 0 spiro atoms. The highest BCUT2D eigenvalue weighted by molar-refractivity contribution is 5.73. The first-order valence-corrected chi connectivity index (χ1v) is 5.67. The normalized spacial score (nSPS) is 12.9. The molecule has 1 atom stereocenters. The van der Waals surface area contributed by atoms with E-state index in [0.717, 1.165) is 0 Å². The molecule has 1 aromatic rings. The smallest absolute Gasteiger partial charge is 0.320 e. The summed E-state index contributed by atoms with van der Waals surface area (Å²) in [5.41, 5.74) is 0. The summed E-state index contributed by atoms with van der Waals surface area (Å²) in [7, 11) is 0. The van der Waals surface area contributed by atoms with E-state index < -0.39 is 12.0 Å². The number of hydrogen-bond acceptors (Lipinski definition) is 4. The van der Waals surface area contributed by atoms with E-state index in [4.69, 9.17) is 14.6 Å². The Labute approximate surface area is 100 Å². The first-order chi connectivity index (χ1) is 8.02. The summed E-state index contributed by atoms with van der Waals surface area (Å²) < 4.78 is 5.26. The fraction of sp³-hybridized carbons (Fsp3) is 0.583. The summed E-state index contributed by atoms with van der Waals surface area (Å²) in [5, 5.41) is 20.8. The number of furan rings is 1. The van der Waals surface area contributed by atoms with Crippen molar-refractivity contribution in [1.29, 1.82) is 0 Å². The van der Waals surface area contributed by atoms with Gasteiger partial charge in [-0.2, -0.15) is 0 Å². The fourth-order valence-electron chi connectivity index (χ4n) is 1.57. The van der Waals surface area contributed by atoms with E-state index in [1.54, 1.807) is 12.1 Å². The Hall–Kier alpha value is -1.33. The highest BCUT2D eigenvalue weighted by atomic mass is 16.4. The van der Waals surface area contributed by atoms with Crippen molar-refractivity contribution in [3.63, 3.8) is 0 Å². The summed E-state index contributed by atoms with van der Waals surface area (Å²) in [4.78, 5) is 11.0. The lowest BCUT2D eigenvalue weighted by atomic mass is 10.0. The van der Waals surface area contributed by atoms with Gasteiger partial charge in [-0.1, -0.05) is 13.8 Å². The molecule has 0 saturated carbocycles. The fourth-order valence-corrected chi connectivity index (χ4v) is 1.57. The number of aliphatic hydroxyl groups excluding tert-OH is 1. The quantitative estimate of drug-likeness (QED) is 0.671. The van der Waals surface area contributed by atoms with Crippen molar-refractivity contribution < 1.29 is 19.4 Å². The van der Waals surface area contributed by atoms with Gasteiger partial charge in [0.25, 0.3) is 0 Å². The number of hydrogen-bond donors (Lipinski definition) is 3. The molecule has 0 bridgehead atoms. The van der Waals surface area contributed by atoms with Crippen molar-refractivity contribution in [2.75, 3.05) is 0 Å². The van der Waals surface area contributed by atoms with Crippen molar-refractivity contribution in [3.05, 3.63) is 23.7 Å². The lowest BCUT2D eigenvalue weighted by Gasteiger charge is -2.15. The van der Waals surface area contributed by atoms with Gasteiger partial charge >= 0.3 is 5.97 Å². The van der Waals surface area contributed by atoms with E-state index in [-0.39, 0.29) is 6.61 Å². The monoisotopic (exact) mass is 241 g/mol. The zero-order valence-electron chi connectivity index (χ0n) is 10.1. The number of nitrogens with one attached hydrogen (secondary N) is 1. The number of aliphatic carboxylic acids is 1. The van der Waals surface area contributed by atoms with Crippen molar-refractivity contribution >= 4 is 5.97 Å². The molecule has 0 aliphatic heterocycles. The van der Waals surface area contributed by atoms with E-state index in [2.05, 4.69) is 5.32 Å². The summed E-state index contributed by atoms with van der Waals surface area (Å²) >= 11 is 0. The number of carbonyl (C=O) groups is 1. The molecule has 1 rings (SSSR count). The molecule has 0 aliphatic carbocycles. The molecule has 0 aliphatic rings. The van der Waals surface area contributed by atoms with Gasteiger partial charge in [-0.3, -0.25) is 10.1 Å². The second-order valence-electron chi connectivity index (χ2n) is 4.43. The highest BCUT2D eigenvalue weighted by Crippen LogP contribution is 2.09. The third-order valence-corrected chi connectivity index (χ3v) is 2.40. The molecular weight excluding hydrogens is 222 g/mol. The van der Waals surface area contributed by atoms with Crippen LogP contribution in [0.2, 0.25) is 0 Å². The van der Waals surface area contributed by atoms with Crippen LogP contribution in [-0.2, 0) is 17.9 Å². The molecule has 1 heterocycles. The van der Waals surface area contributed by atoms with Gasteiger partial charge < -0.3 is 14.6 Å². The van der Waals surface area contributed by atoms with Crippen LogP contribution in [0.3, 0.4) is 0 Å². The molecule has 96 valence electrons. The van der Waals surface area contributed by atoms with Crippen LogP contribution in [0.5, 0.6) is 0 Å². The van der Waals surface area contributed by atoms with Crippen LogP contribution >= 0.6 is 0 Å². The van der Waals surface area contributed by atoms with Crippen LogP contribution in [0.1, 0.15) is 31.8 Å². The Kier molecular flexibility index (Phi) is 5.18. The highest BCUT2D eigenvalue weighted by Gasteiger charge is 2.18. The van der Waals surface area contributed by atoms with Crippen LogP contribution in [0, 0.1) is 5.92 Å². The maximum atomic E-state index is 11.0. The molecule has 0 saturated heterocycles. The largest absolute Gasteiger partial charge is 0.480 e. The molecule has 5 nitrogen and oxygen atoms in total. The van der Waals surface area contributed by atoms with Crippen LogP contribution in [0.4, 0.5) is 0 Å². The minimum atomic E-state index is -0.854. The van der Waals surface area contributed by atoms with Crippen LogP contribution in [0.25, 0.3) is 0 Å². The van der Waals surface area contributed by atoms with Gasteiger partial charge in [0.15, 0.2) is 0 Å². The van der Waals surface area contributed by atoms with Crippen LogP contribution in [-0.4, -0.2) is 22.2 Å². The average molecular weight is 241 g/mol. The van der Waals surface area contributed by atoms with Crippen molar-refractivity contribution in [2.24, 2.45) is 5.92 Å². The third kappa shape index (κ3) is 4.58. The first-order valence-electron chi connectivity index (χ1n) is 5.67. The molecule has 0 fully saturated rings. The standard InChI is InChI=1S/C12H19NO4/c1-8(2)5-11(12(15)16)13-6-9-3-4-10(7-14)17-9/h3-4,8,11,13-14H,5-7H2,1-2H3,(H,15,16).